The maximum absolute atomic E-state index is 12.3. The van der Waals surface area contributed by atoms with Crippen molar-refractivity contribution in [1.82, 2.24) is 9.88 Å². The van der Waals surface area contributed by atoms with E-state index in [1.807, 2.05) is 18.2 Å². The quantitative estimate of drug-likeness (QED) is 0.846. The lowest BCUT2D eigenvalue weighted by molar-refractivity contribution is 0.0784. The zero-order chi connectivity index (χ0) is 15.2. The maximum Gasteiger partial charge on any atom is 0.254 e. The summed E-state index contributed by atoms with van der Waals surface area (Å²) in [5.41, 5.74) is 1.50. The smallest absolute Gasteiger partial charge is 0.254 e. The van der Waals surface area contributed by atoms with Gasteiger partial charge >= 0.3 is 0 Å². The molecule has 5 nitrogen and oxygen atoms in total. The first-order chi connectivity index (χ1) is 10.2. The van der Waals surface area contributed by atoms with E-state index in [2.05, 4.69) is 4.98 Å². The standard InChI is InChI=1S/C16H18N2O3/c1-18(16(19)12-7-9-17-10-8-12)11-13-5-4-6-14(20-2)15(13)21-3/h4-10H,11H2,1-3H3. The normalized spacial score (nSPS) is 10.0. The van der Waals surface area contributed by atoms with Crippen LogP contribution in [0, 0.1) is 0 Å². The van der Waals surface area contributed by atoms with E-state index in [9.17, 15) is 4.79 Å². The largest absolute Gasteiger partial charge is 0.493 e. The molecule has 5 heteroatoms. The molecule has 2 rings (SSSR count). The molecule has 21 heavy (non-hydrogen) atoms. The van der Waals surface area contributed by atoms with Crippen LogP contribution in [0.25, 0.3) is 0 Å². The highest BCUT2D eigenvalue weighted by atomic mass is 16.5. The summed E-state index contributed by atoms with van der Waals surface area (Å²) in [5, 5.41) is 0. The Morgan fingerprint density at radius 3 is 2.48 bits per heavy atom. The van der Waals surface area contributed by atoms with Crippen molar-refractivity contribution in [2.24, 2.45) is 0 Å². The highest BCUT2D eigenvalue weighted by Gasteiger charge is 2.16. The van der Waals surface area contributed by atoms with Gasteiger partial charge < -0.3 is 14.4 Å². The van der Waals surface area contributed by atoms with E-state index in [-0.39, 0.29) is 5.91 Å². The number of nitrogens with zero attached hydrogens (tertiary/aromatic N) is 2. The van der Waals surface area contributed by atoms with E-state index in [0.29, 0.717) is 23.6 Å². The summed E-state index contributed by atoms with van der Waals surface area (Å²) in [6, 6.07) is 9.01. The number of carbonyl (C=O) groups excluding carboxylic acids is 1. The third-order valence-corrected chi connectivity index (χ3v) is 3.17. The fourth-order valence-electron chi connectivity index (χ4n) is 2.12. The Balaban J connectivity index is 2.20. The van der Waals surface area contributed by atoms with E-state index >= 15 is 0 Å². The Bertz CT molecular complexity index is 614. The molecular weight excluding hydrogens is 268 g/mol. The Morgan fingerprint density at radius 2 is 1.86 bits per heavy atom. The molecule has 1 aromatic carbocycles. The fraction of sp³-hybridized carbons (Fsp3) is 0.250. The Labute approximate surface area is 124 Å². The summed E-state index contributed by atoms with van der Waals surface area (Å²) in [5.74, 6) is 1.23. The molecule has 0 N–H and O–H groups in total. The summed E-state index contributed by atoms with van der Waals surface area (Å²) >= 11 is 0. The number of pyridine rings is 1. The molecule has 1 amide bonds. The van der Waals surface area contributed by atoms with E-state index in [1.165, 1.54) is 0 Å². The molecule has 0 atom stereocenters. The maximum atomic E-state index is 12.3. The lowest BCUT2D eigenvalue weighted by Gasteiger charge is -2.20. The van der Waals surface area contributed by atoms with Crippen molar-refractivity contribution in [1.29, 1.82) is 0 Å². The molecule has 0 aliphatic heterocycles. The van der Waals surface area contributed by atoms with Crippen molar-refractivity contribution < 1.29 is 14.3 Å². The van der Waals surface area contributed by atoms with Crippen molar-refractivity contribution in [2.75, 3.05) is 21.3 Å². The van der Waals surface area contributed by atoms with Crippen LogP contribution in [0.1, 0.15) is 15.9 Å². The lowest BCUT2D eigenvalue weighted by atomic mass is 10.1. The lowest BCUT2D eigenvalue weighted by Crippen LogP contribution is -2.26. The predicted octanol–water partition coefficient (Wildman–Crippen LogP) is 2.37. The second-order valence-corrected chi connectivity index (χ2v) is 4.55. The van der Waals surface area contributed by atoms with Gasteiger partial charge in [0.2, 0.25) is 0 Å². The summed E-state index contributed by atoms with van der Waals surface area (Å²) in [6.07, 6.45) is 3.21. The van der Waals surface area contributed by atoms with Crippen molar-refractivity contribution >= 4 is 5.91 Å². The van der Waals surface area contributed by atoms with Crippen molar-refractivity contribution in [2.45, 2.75) is 6.54 Å². The molecule has 2 aromatic rings. The first-order valence-corrected chi connectivity index (χ1v) is 6.52. The Kier molecular flexibility index (Phi) is 4.77. The van der Waals surface area contributed by atoms with Crippen LogP contribution in [0.5, 0.6) is 11.5 Å². The van der Waals surface area contributed by atoms with Crippen molar-refractivity contribution in [3.8, 4) is 11.5 Å². The highest BCUT2D eigenvalue weighted by Crippen LogP contribution is 2.31. The van der Waals surface area contributed by atoms with Crippen LogP contribution in [0.2, 0.25) is 0 Å². The number of benzene rings is 1. The van der Waals surface area contributed by atoms with E-state index < -0.39 is 0 Å². The summed E-state index contributed by atoms with van der Waals surface area (Å²) in [6.45, 7) is 0.432. The topological polar surface area (TPSA) is 51.7 Å². The van der Waals surface area contributed by atoms with Crippen molar-refractivity contribution in [3.05, 3.63) is 53.9 Å². The number of para-hydroxylation sites is 1. The predicted molar refractivity (Wildman–Crippen MR) is 79.6 cm³/mol. The molecular formula is C16H18N2O3. The zero-order valence-electron chi connectivity index (χ0n) is 12.4. The summed E-state index contributed by atoms with van der Waals surface area (Å²) in [4.78, 5) is 17.9. The van der Waals surface area contributed by atoms with Crippen molar-refractivity contribution in [3.63, 3.8) is 0 Å². The third-order valence-electron chi connectivity index (χ3n) is 3.17. The van der Waals surface area contributed by atoms with Crippen LogP contribution in [0.4, 0.5) is 0 Å². The van der Waals surface area contributed by atoms with Gasteiger partial charge in [-0.3, -0.25) is 9.78 Å². The molecule has 0 saturated heterocycles. The van der Waals surface area contributed by atoms with Crippen LogP contribution < -0.4 is 9.47 Å². The van der Waals surface area contributed by atoms with Gasteiger partial charge in [0.15, 0.2) is 11.5 Å². The minimum Gasteiger partial charge on any atom is -0.493 e. The zero-order valence-corrected chi connectivity index (χ0v) is 12.4. The molecule has 0 saturated carbocycles. The molecule has 0 unspecified atom stereocenters. The number of aromatic nitrogens is 1. The van der Waals surface area contributed by atoms with Gasteiger partial charge in [0.1, 0.15) is 0 Å². The second kappa shape index (κ2) is 6.74. The van der Waals surface area contributed by atoms with Crippen LogP contribution in [-0.4, -0.2) is 37.1 Å². The highest BCUT2D eigenvalue weighted by molar-refractivity contribution is 5.93. The van der Waals surface area contributed by atoms with Gasteiger partial charge in [0.25, 0.3) is 5.91 Å². The molecule has 0 spiro atoms. The average molecular weight is 286 g/mol. The molecule has 0 aliphatic rings. The van der Waals surface area contributed by atoms with Crippen LogP contribution in [0.3, 0.4) is 0 Å². The molecule has 1 aromatic heterocycles. The second-order valence-electron chi connectivity index (χ2n) is 4.55. The van der Waals surface area contributed by atoms with E-state index in [0.717, 1.165) is 5.56 Å². The fourth-order valence-corrected chi connectivity index (χ4v) is 2.12. The first-order valence-electron chi connectivity index (χ1n) is 6.52. The van der Waals surface area contributed by atoms with Gasteiger partial charge in [-0.15, -0.1) is 0 Å². The summed E-state index contributed by atoms with van der Waals surface area (Å²) < 4.78 is 10.6. The van der Waals surface area contributed by atoms with Crippen LogP contribution >= 0.6 is 0 Å². The SMILES string of the molecule is COc1cccc(CN(C)C(=O)c2ccncc2)c1OC. The molecule has 110 valence electrons. The molecule has 0 radical (unpaired) electrons. The van der Waals surface area contributed by atoms with Gasteiger partial charge in [-0.2, -0.15) is 0 Å². The number of carbonyl (C=O) groups is 1. The molecule has 0 fully saturated rings. The number of ether oxygens (including phenoxy) is 2. The Hall–Kier alpha value is -2.56. The average Bonchev–Trinajstić information content (AvgIpc) is 2.54. The number of amides is 1. The molecule has 1 heterocycles. The van der Waals surface area contributed by atoms with Gasteiger partial charge in [-0.1, -0.05) is 12.1 Å². The number of hydrogen-bond donors (Lipinski definition) is 0. The van der Waals surface area contributed by atoms with Gasteiger partial charge in [0.05, 0.1) is 14.2 Å². The number of methoxy groups -OCH3 is 2. The molecule has 0 aliphatic carbocycles. The molecule has 0 bridgehead atoms. The number of rotatable bonds is 5. The van der Waals surface area contributed by atoms with E-state index in [4.69, 9.17) is 9.47 Å². The van der Waals surface area contributed by atoms with Gasteiger partial charge in [0, 0.05) is 37.1 Å². The minimum atomic E-state index is -0.0673. The number of hydrogen-bond acceptors (Lipinski definition) is 4. The monoisotopic (exact) mass is 286 g/mol. The van der Waals surface area contributed by atoms with Crippen LogP contribution in [-0.2, 0) is 6.54 Å². The first kappa shape index (κ1) is 14.8. The minimum absolute atomic E-state index is 0.0673. The van der Waals surface area contributed by atoms with Crippen LogP contribution in [0.15, 0.2) is 42.7 Å². The summed E-state index contributed by atoms with van der Waals surface area (Å²) in [7, 11) is 4.93. The van der Waals surface area contributed by atoms with Gasteiger partial charge in [-0.05, 0) is 18.2 Å². The van der Waals surface area contributed by atoms with Gasteiger partial charge in [-0.25, -0.2) is 0 Å². The van der Waals surface area contributed by atoms with E-state index in [1.54, 1.807) is 50.7 Å². The Morgan fingerprint density at radius 1 is 1.14 bits per heavy atom. The third kappa shape index (κ3) is 3.31.